The Hall–Kier alpha value is -2.64. The van der Waals surface area contributed by atoms with E-state index in [1.807, 2.05) is 30.3 Å². The minimum atomic E-state index is -0.0337. The molecule has 4 heteroatoms. The molecule has 2 aromatic carbocycles. The molecule has 1 heterocycles. The van der Waals surface area contributed by atoms with Crippen LogP contribution < -0.4 is 5.32 Å². The van der Waals surface area contributed by atoms with Gasteiger partial charge in [-0.25, -0.2) is 0 Å². The summed E-state index contributed by atoms with van der Waals surface area (Å²) in [5.41, 5.74) is 2.87. The minimum absolute atomic E-state index is 0.0337. The lowest BCUT2D eigenvalue weighted by molar-refractivity contribution is -0.131. The Morgan fingerprint density at radius 2 is 1.87 bits per heavy atom. The second kappa shape index (κ2) is 7.08. The molecule has 0 aliphatic carbocycles. The quantitative estimate of drug-likeness (QED) is 0.923. The molecule has 0 aromatic heterocycles. The molecule has 116 valence electrons. The summed E-state index contributed by atoms with van der Waals surface area (Å²) in [6, 6.07) is 19.6. The molecule has 1 saturated heterocycles. The average Bonchev–Trinajstić information content (AvgIpc) is 2.58. The van der Waals surface area contributed by atoms with Crippen LogP contribution in [0.15, 0.2) is 54.6 Å². The molecule has 1 fully saturated rings. The monoisotopic (exact) mass is 305 g/mol. The third-order valence-electron chi connectivity index (χ3n) is 4.21. The van der Waals surface area contributed by atoms with Crippen molar-refractivity contribution in [3.63, 3.8) is 0 Å². The Morgan fingerprint density at radius 3 is 2.48 bits per heavy atom. The number of amides is 1. The van der Waals surface area contributed by atoms with Gasteiger partial charge in [0.2, 0.25) is 5.91 Å². The highest BCUT2D eigenvalue weighted by molar-refractivity contribution is 5.82. The summed E-state index contributed by atoms with van der Waals surface area (Å²) >= 11 is 0. The number of hydrogen-bond donors (Lipinski definition) is 1. The van der Waals surface area contributed by atoms with Gasteiger partial charge in [0.15, 0.2) is 0 Å². The van der Waals surface area contributed by atoms with Crippen molar-refractivity contribution in [2.24, 2.45) is 0 Å². The highest BCUT2D eigenvalue weighted by Gasteiger charge is 2.33. The molecule has 23 heavy (non-hydrogen) atoms. The number of nitriles is 1. The van der Waals surface area contributed by atoms with Crippen molar-refractivity contribution in [3.8, 4) is 6.07 Å². The summed E-state index contributed by atoms with van der Waals surface area (Å²) < 4.78 is 0. The molecule has 1 amide bonds. The lowest BCUT2D eigenvalue weighted by Crippen LogP contribution is -2.55. The zero-order chi connectivity index (χ0) is 16.1. The topological polar surface area (TPSA) is 56.1 Å². The summed E-state index contributed by atoms with van der Waals surface area (Å²) in [5.74, 6) is 0.0801. The standard InChI is InChI=1S/C19H19N3O/c20-12-15-6-8-16(9-7-15)13-21-19(23)18-10-11-22(18)14-17-4-2-1-3-5-17/h1-9,18H,10-11,13-14H2,(H,21,23). The number of hydrogen-bond acceptors (Lipinski definition) is 3. The van der Waals surface area contributed by atoms with E-state index < -0.39 is 0 Å². The maximum absolute atomic E-state index is 12.3. The first-order valence-corrected chi connectivity index (χ1v) is 7.81. The molecule has 1 atom stereocenters. The van der Waals surface area contributed by atoms with Gasteiger partial charge in [0.25, 0.3) is 0 Å². The summed E-state index contributed by atoms with van der Waals surface area (Å²) in [5, 5.41) is 11.8. The molecule has 1 aliphatic heterocycles. The maximum Gasteiger partial charge on any atom is 0.237 e. The van der Waals surface area contributed by atoms with Crippen molar-refractivity contribution in [2.45, 2.75) is 25.6 Å². The Balaban J connectivity index is 1.51. The minimum Gasteiger partial charge on any atom is -0.351 e. The van der Waals surface area contributed by atoms with E-state index in [4.69, 9.17) is 5.26 Å². The fourth-order valence-electron chi connectivity index (χ4n) is 2.75. The molecular formula is C19H19N3O. The van der Waals surface area contributed by atoms with Gasteiger partial charge in [0.05, 0.1) is 17.7 Å². The maximum atomic E-state index is 12.3. The number of carbonyl (C=O) groups excluding carboxylic acids is 1. The van der Waals surface area contributed by atoms with Crippen LogP contribution in [0.4, 0.5) is 0 Å². The van der Waals surface area contributed by atoms with E-state index in [1.54, 1.807) is 12.1 Å². The molecule has 4 nitrogen and oxygen atoms in total. The van der Waals surface area contributed by atoms with Gasteiger partial charge in [-0.15, -0.1) is 0 Å². The second-order valence-electron chi connectivity index (χ2n) is 5.79. The SMILES string of the molecule is N#Cc1ccc(CNC(=O)C2CCN2Cc2ccccc2)cc1. The highest BCUT2D eigenvalue weighted by atomic mass is 16.2. The van der Waals surface area contributed by atoms with Crippen molar-refractivity contribution in [2.75, 3.05) is 6.54 Å². The third kappa shape index (κ3) is 3.77. The molecule has 0 radical (unpaired) electrons. The zero-order valence-electron chi connectivity index (χ0n) is 12.9. The average molecular weight is 305 g/mol. The van der Waals surface area contributed by atoms with Crippen molar-refractivity contribution in [1.29, 1.82) is 5.26 Å². The second-order valence-corrected chi connectivity index (χ2v) is 5.79. The molecule has 0 bridgehead atoms. The smallest absolute Gasteiger partial charge is 0.237 e. The fraction of sp³-hybridized carbons (Fsp3) is 0.263. The van der Waals surface area contributed by atoms with Crippen LogP contribution in [0.1, 0.15) is 23.1 Å². The van der Waals surface area contributed by atoms with Gasteiger partial charge in [-0.05, 0) is 29.7 Å². The predicted octanol–water partition coefficient (Wildman–Crippen LogP) is 2.45. The Kier molecular flexibility index (Phi) is 4.70. The number of rotatable bonds is 5. The zero-order valence-corrected chi connectivity index (χ0v) is 12.9. The van der Waals surface area contributed by atoms with E-state index in [9.17, 15) is 4.79 Å². The lowest BCUT2D eigenvalue weighted by Gasteiger charge is -2.39. The number of likely N-dealkylation sites (tertiary alicyclic amines) is 1. The number of nitrogens with one attached hydrogen (secondary N) is 1. The molecule has 0 spiro atoms. The Bertz CT molecular complexity index is 704. The van der Waals surface area contributed by atoms with Crippen LogP contribution in [0.25, 0.3) is 0 Å². The summed E-state index contributed by atoms with van der Waals surface area (Å²) in [6.45, 7) is 2.28. The van der Waals surface area contributed by atoms with Gasteiger partial charge in [0.1, 0.15) is 0 Å². The van der Waals surface area contributed by atoms with Crippen molar-refractivity contribution >= 4 is 5.91 Å². The van der Waals surface area contributed by atoms with E-state index in [-0.39, 0.29) is 11.9 Å². The van der Waals surface area contributed by atoms with Crippen molar-refractivity contribution in [1.82, 2.24) is 10.2 Å². The Morgan fingerprint density at radius 1 is 1.13 bits per heavy atom. The van der Waals surface area contributed by atoms with Crippen molar-refractivity contribution < 1.29 is 4.79 Å². The van der Waals surface area contributed by atoms with Crippen LogP contribution in [0.3, 0.4) is 0 Å². The Labute approximate surface area is 136 Å². The fourth-order valence-corrected chi connectivity index (χ4v) is 2.75. The number of nitrogens with zero attached hydrogens (tertiary/aromatic N) is 2. The van der Waals surface area contributed by atoms with Crippen molar-refractivity contribution in [3.05, 3.63) is 71.3 Å². The van der Waals surface area contributed by atoms with E-state index in [1.165, 1.54) is 5.56 Å². The van der Waals surface area contributed by atoms with Gasteiger partial charge < -0.3 is 5.32 Å². The molecular weight excluding hydrogens is 286 g/mol. The molecule has 1 aliphatic rings. The summed E-state index contributed by atoms with van der Waals surface area (Å²) in [4.78, 5) is 14.5. The van der Waals surface area contributed by atoms with E-state index in [2.05, 4.69) is 28.4 Å². The highest BCUT2D eigenvalue weighted by Crippen LogP contribution is 2.20. The lowest BCUT2D eigenvalue weighted by atomic mass is 10.0. The molecule has 1 N–H and O–H groups in total. The van der Waals surface area contributed by atoms with Crippen LogP contribution in [0, 0.1) is 11.3 Å². The summed E-state index contributed by atoms with van der Waals surface area (Å²) in [7, 11) is 0. The number of benzene rings is 2. The molecule has 1 unspecified atom stereocenters. The first kappa shape index (κ1) is 15.3. The van der Waals surface area contributed by atoms with E-state index in [0.29, 0.717) is 12.1 Å². The first-order chi connectivity index (χ1) is 11.3. The molecule has 3 rings (SSSR count). The molecule has 2 aromatic rings. The summed E-state index contributed by atoms with van der Waals surface area (Å²) in [6.07, 6.45) is 0.909. The van der Waals surface area contributed by atoms with Crippen LogP contribution in [0.5, 0.6) is 0 Å². The van der Waals surface area contributed by atoms with Crippen LogP contribution >= 0.6 is 0 Å². The van der Waals surface area contributed by atoms with E-state index in [0.717, 1.165) is 25.1 Å². The van der Waals surface area contributed by atoms with Crippen LogP contribution in [-0.2, 0) is 17.9 Å². The van der Waals surface area contributed by atoms with Crippen LogP contribution in [0.2, 0.25) is 0 Å². The van der Waals surface area contributed by atoms with Gasteiger partial charge in [-0.1, -0.05) is 42.5 Å². The van der Waals surface area contributed by atoms with Gasteiger partial charge in [-0.3, -0.25) is 9.69 Å². The normalized spacial score (nSPS) is 17.1. The van der Waals surface area contributed by atoms with Gasteiger partial charge in [-0.2, -0.15) is 5.26 Å². The largest absolute Gasteiger partial charge is 0.351 e. The predicted molar refractivity (Wildman–Crippen MR) is 88.3 cm³/mol. The third-order valence-corrected chi connectivity index (χ3v) is 4.21. The van der Waals surface area contributed by atoms with E-state index >= 15 is 0 Å². The molecule has 0 saturated carbocycles. The first-order valence-electron chi connectivity index (χ1n) is 7.81. The number of carbonyl (C=O) groups is 1. The van der Waals surface area contributed by atoms with Gasteiger partial charge in [0, 0.05) is 19.6 Å². The van der Waals surface area contributed by atoms with Crippen LogP contribution in [-0.4, -0.2) is 23.4 Å². The van der Waals surface area contributed by atoms with Gasteiger partial charge >= 0.3 is 0 Å².